The summed E-state index contributed by atoms with van der Waals surface area (Å²) in [6.07, 6.45) is -2.08. The molecule has 12 nitrogen and oxygen atoms in total. The minimum Gasteiger partial charge on any atom is -0.507 e. The number of nitrogens with zero attached hydrogens (tertiary/aromatic N) is 1. The molecule has 0 saturated carbocycles. The maximum atomic E-state index is 11.7. The Bertz CT molecular complexity index is 1800. The number of non-ortho nitro benzene ring substituents is 1. The number of aliphatic hydroxyl groups excluding tert-OH is 1. The predicted octanol–water partition coefficient (Wildman–Crippen LogP) is 4.32. The fourth-order valence-electron chi connectivity index (χ4n) is 6.06. The monoisotopic (exact) mass is 573 g/mol. The summed E-state index contributed by atoms with van der Waals surface area (Å²) >= 11 is 0. The van der Waals surface area contributed by atoms with Crippen LogP contribution in [-0.2, 0) is 12.2 Å². The molecule has 0 radical (unpaired) electrons. The maximum Gasteiger partial charge on any atom is 0.279 e. The first-order chi connectivity index (χ1) is 20.0. The van der Waals surface area contributed by atoms with Crippen LogP contribution in [-0.4, -0.2) is 41.7 Å². The maximum absolute atomic E-state index is 11.7. The molecule has 0 fully saturated rings. The summed E-state index contributed by atoms with van der Waals surface area (Å²) in [7, 11) is 0. The van der Waals surface area contributed by atoms with Crippen LogP contribution in [0.4, 0.5) is 5.69 Å². The SMILES string of the molecule is O=[N+]([O-])c1ccc2c(c1)[C@H]1C[C@@](c3ccc(O)c(O)c3)(O2)Oc2cc(O)c3c(c21)O[C@H](c1ccc(O)c(O)c1)[C@@H](O)C3. The third-order valence-electron chi connectivity index (χ3n) is 8.06. The number of nitro groups is 1. The Kier molecular flexibility index (Phi) is 5.37. The first-order valence-electron chi connectivity index (χ1n) is 13.0. The number of hydrogen-bond donors (Lipinski definition) is 6. The van der Waals surface area contributed by atoms with Crippen LogP contribution in [0, 0.1) is 10.1 Å². The standard InChI is InChI=1S/C30H23NO11/c32-19-4-1-13(7-22(19)35)28-24(37)10-17-21(34)11-26-27(29(17)40-28)18-12-30(42-26,14-2-5-20(33)23(36)8-14)41-25-6-3-15(31(38)39)9-16(18)25/h1-9,11,18,24,28,32-37H,10,12H2/t18-,24+,28-,30-/m1/s1. The van der Waals surface area contributed by atoms with Crippen molar-refractivity contribution in [1.82, 2.24) is 0 Å². The lowest BCUT2D eigenvalue weighted by Crippen LogP contribution is -2.47. The topological polar surface area (TPSA) is 192 Å². The average Bonchev–Trinajstić information content (AvgIpc) is 2.95. The van der Waals surface area contributed by atoms with Crippen molar-refractivity contribution in [2.24, 2.45) is 0 Å². The molecule has 4 aromatic carbocycles. The van der Waals surface area contributed by atoms with Gasteiger partial charge in [-0.05, 0) is 42.0 Å². The Labute approximate surface area is 237 Å². The summed E-state index contributed by atoms with van der Waals surface area (Å²) in [5.74, 6) is -3.26. The van der Waals surface area contributed by atoms with E-state index in [1.54, 1.807) is 0 Å². The highest BCUT2D eigenvalue weighted by Gasteiger charge is 2.52. The molecule has 3 aliphatic heterocycles. The lowest BCUT2D eigenvalue weighted by Gasteiger charge is -2.47. The molecule has 0 spiro atoms. The van der Waals surface area contributed by atoms with E-state index < -0.39 is 40.3 Å². The second-order valence-corrected chi connectivity index (χ2v) is 10.6. The molecule has 0 saturated heterocycles. The zero-order chi connectivity index (χ0) is 29.5. The first-order valence-corrected chi connectivity index (χ1v) is 13.0. The molecule has 3 heterocycles. The van der Waals surface area contributed by atoms with Crippen LogP contribution in [0.5, 0.6) is 46.0 Å². The van der Waals surface area contributed by atoms with E-state index in [9.17, 15) is 40.8 Å². The summed E-state index contributed by atoms with van der Waals surface area (Å²) in [4.78, 5) is 11.2. The van der Waals surface area contributed by atoms with Crippen molar-refractivity contribution in [3.63, 3.8) is 0 Å². The summed E-state index contributed by atoms with van der Waals surface area (Å²) in [5, 5.41) is 73.7. The van der Waals surface area contributed by atoms with Crippen molar-refractivity contribution in [3.8, 4) is 46.0 Å². The van der Waals surface area contributed by atoms with Gasteiger partial charge < -0.3 is 44.8 Å². The predicted molar refractivity (Wildman–Crippen MR) is 143 cm³/mol. The number of benzene rings is 4. The fourth-order valence-corrected chi connectivity index (χ4v) is 6.06. The van der Waals surface area contributed by atoms with E-state index >= 15 is 0 Å². The number of aliphatic hydroxyl groups is 1. The zero-order valence-electron chi connectivity index (χ0n) is 21.6. The normalized spacial score (nSPS) is 23.3. The van der Waals surface area contributed by atoms with Crippen LogP contribution in [0.3, 0.4) is 0 Å². The lowest BCUT2D eigenvalue weighted by molar-refractivity contribution is -0.385. The van der Waals surface area contributed by atoms with Gasteiger partial charge in [0.1, 0.15) is 29.1 Å². The van der Waals surface area contributed by atoms with Gasteiger partial charge in [0.25, 0.3) is 11.5 Å². The molecular formula is C30H23NO11. The Morgan fingerprint density at radius 2 is 1.52 bits per heavy atom. The fraction of sp³-hybridized carbons (Fsp3) is 0.200. The number of rotatable bonds is 3. The molecular weight excluding hydrogens is 550 g/mol. The quantitative estimate of drug-likeness (QED) is 0.116. The van der Waals surface area contributed by atoms with E-state index in [0.29, 0.717) is 27.8 Å². The number of fused-ring (bicyclic) bond motifs is 8. The number of nitro benzene ring substituents is 1. The average molecular weight is 574 g/mol. The van der Waals surface area contributed by atoms with Crippen molar-refractivity contribution < 1.29 is 49.8 Å². The van der Waals surface area contributed by atoms with E-state index in [0.717, 1.165) is 0 Å². The summed E-state index contributed by atoms with van der Waals surface area (Å²) < 4.78 is 19.1. The van der Waals surface area contributed by atoms with Crippen LogP contribution >= 0.6 is 0 Å². The van der Waals surface area contributed by atoms with E-state index in [1.165, 1.54) is 60.7 Å². The van der Waals surface area contributed by atoms with E-state index in [-0.39, 0.29) is 53.0 Å². The second-order valence-electron chi connectivity index (χ2n) is 10.6. The van der Waals surface area contributed by atoms with Gasteiger partial charge in [-0.1, -0.05) is 6.07 Å². The van der Waals surface area contributed by atoms with Gasteiger partial charge in [-0.25, -0.2) is 0 Å². The zero-order valence-corrected chi connectivity index (χ0v) is 21.6. The molecule has 4 atom stereocenters. The lowest BCUT2D eigenvalue weighted by atomic mass is 9.76. The Morgan fingerprint density at radius 3 is 2.24 bits per heavy atom. The molecule has 3 aliphatic rings. The van der Waals surface area contributed by atoms with Crippen LogP contribution in [0.15, 0.2) is 60.7 Å². The van der Waals surface area contributed by atoms with Crippen LogP contribution in [0.1, 0.15) is 46.3 Å². The molecule has 12 heteroatoms. The molecule has 42 heavy (non-hydrogen) atoms. The van der Waals surface area contributed by atoms with Gasteiger partial charge in [0, 0.05) is 59.2 Å². The van der Waals surface area contributed by atoms with E-state index in [1.807, 2.05) is 0 Å². The Balaban J connectivity index is 1.44. The number of aromatic hydroxyl groups is 5. The van der Waals surface area contributed by atoms with Gasteiger partial charge in [0.05, 0.1) is 11.0 Å². The third kappa shape index (κ3) is 3.72. The molecule has 4 aromatic rings. The van der Waals surface area contributed by atoms with Crippen LogP contribution < -0.4 is 14.2 Å². The van der Waals surface area contributed by atoms with Crippen molar-refractivity contribution in [2.75, 3.05) is 0 Å². The van der Waals surface area contributed by atoms with E-state index in [2.05, 4.69) is 0 Å². The highest BCUT2D eigenvalue weighted by atomic mass is 16.7. The van der Waals surface area contributed by atoms with Crippen LogP contribution in [0.2, 0.25) is 0 Å². The van der Waals surface area contributed by atoms with Gasteiger partial charge in [-0.2, -0.15) is 0 Å². The first kappa shape index (κ1) is 25.6. The largest absolute Gasteiger partial charge is 0.507 e. The molecule has 6 N–H and O–H groups in total. The van der Waals surface area contributed by atoms with Gasteiger partial charge in [0.2, 0.25) is 0 Å². The number of phenolic OH excluding ortho intramolecular Hbond substituents is 5. The summed E-state index contributed by atoms with van der Waals surface area (Å²) in [6.45, 7) is 0. The number of phenols is 5. The highest BCUT2D eigenvalue weighted by molar-refractivity contribution is 5.65. The van der Waals surface area contributed by atoms with E-state index in [4.69, 9.17) is 14.2 Å². The molecule has 0 unspecified atom stereocenters. The minimum atomic E-state index is -1.55. The molecule has 7 rings (SSSR count). The summed E-state index contributed by atoms with van der Waals surface area (Å²) in [6, 6.07) is 13.7. The molecule has 0 aliphatic carbocycles. The molecule has 0 aromatic heterocycles. The third-order valence-corrected chi connectivity index (χ3v) is 8.06. The Hall–Kier alpha value is -5.36. The molecule has 214 valence electrons. The Morgan fingerprint density at radius 1 is 0.810 bits per heavy atom. The molecule has 0 amide bonds. The van der Waals surface area contributed by atoms with Gasteiger partial charge in [-0.3, -0.25) is 10.1 Å². The highest BCUT2D eigenvalue weighted by Crippen LogP contribution is 2.60. The van der Waals surface area contributed by atoms with Crippen molar-refractivity contribution >= 4 is 5.69 Å². The minimum absolute atomic E-state index is 0.0251. The smallest absolute Gasteiger partial charge is 0.279 e. The molecule has 2 bridgehead atoms. The van der Waals surface area contributed by atoms with Crippen LogP contribution in [0.25, 0.3) is 0 Å². The van der Waals surface area contributed by atoms with Gasteiger partial charge in [-0.15, -0.1) is 0 Å². The van der Waals surface area contributed by atoms with Crippen molar-refractivity contribution in [3.05, 3.63) is 98.6 Å². The summed E-state index contributed by atoms with van der Waals surface area (Å²) in [5.41, 5.74) is 1.79. The van der Waals surface area contributed by atoms with Gasteiger partial charge >= 0.3 is 0 Å². The van der Waals surface area contributed by atoms with Gasteiger partial charge in [0.15, 0.2) is 23.0 Å². The van der Waals surface area contributed by atoms with Crippen molar-refractivity contribution in [1.29, 1.82) is 0 Å². The second kappa shape index (κ2) is 8.82. The number of ether oxygens (including phenoxy) is 3. The number of hydrogen-bond acceptors (Lipinski definition) is 11. The van der Waals surface area contributed by atoms with Crippen molar-refractivity contribution in [2.45, 2.75) is 36.8 Å².